The van der Waals surface area contributed by atoms with Gasteiger partial charge in [0.1, 0.15) is 0 Å². The van der Waals surface area contributed by atoms with E-state index in [9.17, 15) is 19.8 Å². The standard InChI is InChI=1S/C14H14O5S/c15-6-9-3-8-4-13(11(17)1-2-14(18)19)20-12(8)5-10(9)7-16/h3-5,15-16H,1-2,6-7H2,(H,18,19). The van der Waals surface area contributed by atoms with E-state index in [1.807, 2.05) is 0 Å². The van der Waals surface area contributed by atoms with E-state index in [1.54, 1.807) is 18.2 Å². The highest BCUT2D eigenvalue weighted by Gasteiger charge is 2.13. The van der Waals surface area contributed by atoms with E-state index in [1.165, 1.54) is 11.3 Å². The van der Waals surface area contributed by atoms with Crippen LogP contribution in [0.3, 0.4) is 0 Å². The fourth-order valence-electron chi connectivity index (χ4n) is 1.95. The summed E-state index contributed by atoms with van der Waals surface area (Å²) < 4.78 is 0.838. The molecule has 0 unspecified atom stereocenters. The van der Waals surface area contributed by atoms with Gasteiger partial charge in [0.05, 0.1) is 24.5 Å². The second-order valence-electron chi connectivity index (χ2n) is 4.40. The molecule has 0 radical (unpaired) electrons. The maximum Gasteiger partial charge on any atom is 0.303 e. The van der Waals surface area contributed by atoms with Crippen molar-refractivity contribution in [1.82, 2.24) is 0 Å². The van der Waals surface area contributed by atoms with Crippen LogP contribution in [0.1, 0.15) is 33.6 Å². The second-order valence-corrected chi connectivity index (χ2v) is 5.49. The minimum Gasteiger partial charge on any atom is -0.481 e. The molecule has 1 aromatic heterocycles. The van der Waals surface area contributed by atoms with Crippen molar-refractivity contribution < 1.29 is 24.9 Å². The van der Waals surface area contributed by atoms with Gasteiger partial charge in [-0.15, -0.1) is 11.3 Å². The van der Waals surface area contributed by atoms with E-state index in [-0.39, 0.29) is 31.8 Å². The van der Waals surface area contributed by atoms with E-state index in [2.05, 4.69) is 0 Å². The third-order valence-electron chi connectivity index (χ3n) is 3.02. The van der Waals surface area contributed by atoms with Gasteiger partial charge in [0.25, 0.3) is 0 Å². The number of thiophene rings is 1. The van der Waals surface area contributed by atoms with Crippen molar-refractivity contribution in [2.75, 3.05) is 0 Å². The number of hydrogen-bond donors (Lipinski definition) is 3. The van der Waals surface area contributed by atoms with Crippen molar-refractivity contribution in [2.24, 2.45) is 0 Å². The molecule has 0 aliphatic heterocycles. The van der Waals surface area contributed by atoms with Gasteiger partial charge in [0.2, 0.25) is 0 Å². The molecule has 0 saturated heterocycles. The van der Waals surface area contributed by atoms with Crippen molar-refractivity contribution in [3.05, 3.63) is 34.2 Å². The molecule has 0 spiro atoms. The van der Waals surface area contributed by atoms with E-state index >= 15 is 0 Å². The molecule has 2 aromatic rings. The Morgan fingerprint density at radius 2 is 1.65 bits per heavy atom. The third-order valence-corrected chi connectivity index (χ3v) is 4.16. The molecule has 2 rings (SSSR count). The predicted octanol–water partition coefficient (Wildman–Crippen LogP) is 1.93. The van der Waals surface area contributed by atoms with Crippen LogP contribution in [0.4, 0.5) is 0 Å². The second kappa shape index (κ2) is 6.13. The summed E-state index contributed by atoms with van der Waals surface area (Å²) in [6.45, 7) is -0.351. The van der Waals surface area contributed by atoms with E-state index < -0.39 is 5.97 Å². The first-order chi connectivity index (χ1) is 9.55. The Hall–Kier alpha value is -1.76. The predicted molar refractivity (Wildman–Crippen MR) is 74.9 cm³/mol. The van der Waals surface area contributed by atoms with Crippen LogP contribution in [0.15, 0.2) is 18.2 Å². The Labute approximate surface area is 119 Å². The molecule has 0 aliphatic rings. The first-order valence-electron chi connectivity index (χ1n) is 6.07. The summed E-state index contributed by atoms with van der Waals surface area (Å²) in [5.74, 6) is -1.20. The molecule has 3 N–H and O–H groups in total. The van der Waals surface area contributed by atoms with E-state index in [4.69, 9.17) is 5.11 Å². The summed E-state index contributed by atoms with van der Waals surface area (Å²) in [4.78, 5) is 22.8. The average Bonchev–Trinajstić information content (AvgIpc) is 2.85. The Kier molecular flexibility index (Phi) is 4.49. The molecule has 0 bridgehead atoms. The molecule has 0 saturated carbocycles. The maximum absolute atomic E-state index is 11.9. The number of rotatable bonds is 6. The molecular formula is C14H14O5S. The number of carbonyl (C=O) groups excluding carboxylic acids is 1. The van der Waals surface area contributed by atoms with Crippen molar-refractivity contribution >= 4 is 33.2 Å². The van der Waals surface area contributed by atoms with Gasteiger partial charge in [-0.3, -0.25) is 9.59 Å². The summed E-state index contributed by atoms with van der Waals surface area (Å²) in [6, 6.07) is 5.19. The van der Waals surface area contributed by atoms with Crippen molar-refractivity contribution in [3.63, 3.8) is 0 Å². The van der Waals surface area contributed by atoms with Crippen LogP contribution in [0.5, 0.6) is 0 Å². The van der Waals surface area contributed by atoms with Crippen LogP contribution >= 0.6 is 11.3 Å². The molecule has 5 nitrogen and oxygen atoms in total. The van der Waals surface area contributed by atoms with Crippen molar-refractivity contribution in [3.8, 4) is 0 Å². The van der Waals surface area contributed by atoms with Gasteiger partial charge in [-0.1, -0.05) is 0 Å². The monoisotopic (exact) mass is 294 g/mol. The Morgan fingerprint density at radius 3 is 2.25 bits per heavy atom. The number of carbonyl (C=O) groups is 2. The van der Waals surface area contributed by atoms with Gasteiger partial charge < -0.3 is 15.3 Å². The average molecular weight is 294 g/mol. The number of ketones is 1. The number of benzene rings is 1. The van der Waals surface area contributed by atoms with Crippen LogP contribution < -0.4 is 0 Å². The lowest BCUT2D eigenvalue weighted by Crippen LogP contribution is -2.01. The van der Waals surface area contributed by atoms with Gasteiger partial charge in [-0.05, 0) is 34.7 Å². The quantitative estimate of drug-likeness (QED) is 0.708. The summed E-state index contributed by atoms with van der Waals surface area (Å²) in [7, 11) is 0. The van der Waals surface area contributed by atoms with Gasteiger partial charge in [0.15, 0.2) is 5.78 Å². The molecule has 0 amide bonds. The van der Waals surface area contributed by atoms with Crippen molar-refractivity contribution in [2.45, 2.75) is 26.1 Å². The maximum atomic E-state index is 11.9. The highest BCUT2D eigenvalue weighted by molar-refractivity contribution is 7.20. The first kappa shape index (κ1) is 14.6. The largest absolute Gasteiger partial charge is 0.481 e. The van der Waals surface area contributed by atoms with E-state index in [0.29, 0.717) is 16.0 Å². The Bertz CT molecular complexity index is 618. The number of aliphatic carboxylic acids is 1. The summed E-state index contributed by atoms with van der Waals surface area (Å²) in [5.41, 5.74) is 1.26. The number of Topliss-reactive ketones (excluding diaryl/α,β-unsaturated/α-hetero) is 1. The molecule has 1 aromatic carbocycles. The van der Waals surface area contributed by atoms with Crippen LogP contribution in [0.25, 0.3) is 10.1 Å². The molecule has 0 atom stereocenters. The van der Waals surface area contributed by atoms with Gasteiger partial charge in [0, 0.05) is 11.1 Å². The molecular weight excluding hydrogens is 280 g/mol. The molecule has 0 aliphatic carbocycles. The number of aliphatic hydroxyl groups excluding tert-OH is 2. The molecule has 1 heterocycles. The smallest absolute Gasteiger partial charge is 0.303 e. The minimum absolute atomic E-state index is 0.0259. The van der Waals surface area contributed by atoms with Crippen LogP contribution in [-0.4, -0.2) is 27.1 Å². The van der Waals surface area contributed by atoms with Gasteiger partial charge in [-0.25, -0.2) is 0 Å². The lowest BCUT2D eigenvalue weighted by Gasteiger charge is -2.03. The van der Waals surface area contributed by atoms with Crippen LogP contribution in [0, 0.1) is 0 Å². The van der Waals surface area contributed by atoms with Crippen molar-refractivity contribution in [1.29, 1.82) is 0 Å². The first-order valence-corrected chi connectivity index (χ1v) is 6.89. The molecule has 0 fully saturated rings. The third kappa shape index (κ3) is 3.04. The Morgan fingerprint density at radius 1 is 1.00 bits per heavy atom. The SMILES string of the molecule is O=C(O)CCC(=O)c1cc2cc(CO)c(CO)cc2s1. The number of hydrogen-bond acceptors (Lipinski definition) is 5. The fraction of sp³-hybridized carbons (Fsp3) is 0.286. The topological polar surface area (TPSA) is 94.8 Å². The molecule has 20 heavy (non-hydrogen) atoms. The Balaban J connectivity index is 2.33. The van der Waals surface area contributed by atoms with E-state index in [0.717, 1.165) is 10.1 Å². The number of carboxylic acids is 1. The summed E-state index contributed by atoms with van der Waals surface area (Å²) in [6.07, 6.45) is -0.210. The fourth-order valence-corrected chi connectivity index (χ4v) is 3.03. The highest BCUT2D eigenvalue weighted by atomic mass is 32.1. The summed E-state index contributed by atoms with van der Waals surface area (Å²) in [5, 5.41) is 27.9. The zero-order chi connectivity index (χ0) is 14.7. The van der Waals surface area contributed by atoms with Gasteiger partial charge in [-0.2, -0.15) is 0 Å². The normalized spacial score (nSPS) is 10.9. The minimum atomic E-state index is -0.996. The van der Waals surface area contributed by atoms with Gasteiger partial charge >= 0.3 is 5.97 Å². The number of fused-ring (bicyclic) bond motifs is 1. The summed E-state index contributed by atoms with van der Waals surface area (Å²) >= 11 is 1.27. The number of carboxylic acid groups (broad SMARTS) is 1. The lowest BCUT2D eigenvalue weighted by atomic mass is 10.1. The number of aliphatic hydroxyl groups is 2. The lowest BCUT2D eigenvalue weighted by molar-refractivity contribution is -0.136. The highest BCUT2D eigenvalue weighted by Crippen LogP contribution is 2.30. The van der Waals surface area contributed by atoms with Crippen LogP contribution in [0.2, 0.25) is 0 Å². The zero-order valence-corrected chi connectivity index (χ0v) is 11.4. The molecule has 106 valence electrons. The zero-order valence-electron chi connectivity index (χ0n) is 10.6. The van der Waals surface area contributed by atoms with Crippen LogP contribution in [-0.2, 0) is 18.0 Å². The molecule has 6 heteroatoms.